The van der Waals surface area contributed by atoms with Crippen molar-refractivity contribution in [1.82, 2.24) is 0 Å². The molecule has 0 saturated heterocycles. The molecule has 96 valence electrons. The van der Waals surface area contributed by atoms with E-state index in [9.17, 15) is 5.11 Å². The van der Waals surface area contributed by atoms with E-state index in [0.29, 0.717) is 5.92 Å². The molecule has 2 nitrogen and oxygen atoms in total. The van der Waals surface area contributed by atoms with Crippen LogP contribution in [0, 0.1) is 0 Å². The highest BCUT2D eigenvalue weighted by Crippen LogP contribution is 2.40. The summed E-state index contributed by atoms with van der Waals surface area (Å²) < 4.78 is 0. The Labute approximate surface area is 109 Å². The van der Waals surface area contributed by atoms with Crippen molar-refractivity contribution >= 4 is 6.08 Å². The number of aryl methyl sites for hydroxylation is 1. The molecule has 2 unspecified atom stereocenters. The maximum absolute atomic E-state index is 9.35. The van der Waals surface area contributed by atoms with Crippen LogP contribution >= 0.6 is 0 Å². The van der Waals surface area contributed by atoms with Crippen LogP contribution in [0.4, 0.5) is 0 Å². The second-order valence-corrected chi connectivity index (χ2v) is 5.86. The van der Waals surface area contributed by atoms with Gasteiger partial charge in [0.2, 0.25) is 0 Å². The third-order valence-electron chi connectivity index (χ3n) is 4.47. The number of fused-ring (bicyclic) bond motifs is 1. The summed E-state index contributed by atoms with van der Waals surface area (Å²) in [5, 5.41) is 9.35. The first-order valence-corrected chi connectivity index (χ1v) is 6.89. The highest BCUT2D eigenvalue weighted by Gasteiger charge is 2.35. The molecule has 0 bridgehead atoms. The molecule has 2 aliphatic rings. The molecule has 3 N–H and O–H groups in total. The second kappa shape index (κ2) is 4.52. The molecule has 1 saturated carbocycles. The van der Waals surface area contributed by atoms with Crippen LogP contribution in [0.25, 0.3) is 6.08 Å². The van der Waals surface area contributed by atoms with Crippen LogP contribution in [0.3, 0.4) is 0 Å². The third kappa shape index (κ3) is 2.11. The Morgan fingerprint density at radius 1 is 1.39 bits per heavy atom. The monoisotopic (exact) mass is 243 g/mol. The van der Waals surface area contributed by atoms with E-state index in [2.05, 4.69) is 30.4 Å². The number of aliphatic hydroxyl groups excluding tert-OH is 1. The first-order chi connectivity index (χ1) is 8.70. The molecule has 0 spiro atoms. The molecular weight excluding hydrogens is 222 g/mol. The fraction of sp³-hybridized carbons (Fsp3) is 0.500. The Bertz CT molecular complexity index is 480. The van der Waals surface area contributed by atoms with Crippen molar-refractivity contribution in [1.29, 1.82) is 0 Å². The van der Waals surface area contributed by atoms with Gasteiger partial charge in [0.05, 0.1) is 6.61 Å². The molecule has 0 aromatic heterocycles. The summed E-state index contributed by atoms with van der Waals surface area (Å²) in [4.78, 5) is 0. The van der Waals surface area contributed by atoms with Gasteiger partial charge in [0.25, 0.3) is 0 Å². The lowest BCUT2D eigenvalue weighted by atomic mass is 9.89. The number of benzene rings is 1. The minimum absolute atomic E-state index is 0.108. The van der Waals surface area contributed by atoms with Crippen LogP contribution in [0.5, 0.6) is 0 Å². The molecule has 2 atom stereocenters. The van der Waals surface area contributed by atoms with E-state index in [4.69, 9.17) is 5.73 Å². The van der Waals surface area contributed by atoms with E-state index < -0.39 is 0 Å². The van der Waals surface area contributed by atoms with Gasteiger partial charge in [-0.05, 0) is 54.7 Å². The quantitative estimate of drug-likeness (QED) is 0.838. The van der Waals surface area contributed by atoms with Gasteiger partial charge in [-0.2, -0.15) is 0 Å². The topological polar surface area (TPSA) is 46.2 Å². The second-order valence-electron chi connectivity index (χ2n) is 5.86. The maximum atomic E-state index is 9.35. The first-order valence-electron chi connectivity index (χ1n) is 6.89. The summed E-state index contributed by atoms with van der Waals surface area (Å²) in [6, 6.07) is 6.82. The number of allylic oxidation sites excluding steroid dienone is 1. The SMILES string of the molecule is NC1(CO)CCC(c2ccc3c(c2)CCC=C3)C1. The largest absolute Gasteiger partial charge is 0.394 e. The first kappa shape index (κ1) is 11.9. The van der Waals surface area contributed by atoms with Crippen LogP contribution in [0.15, 0.2) is 24.3 Å². The Kier molecular flexibility index (Phi) is 3.00. The number of nitrogens with two attached hydrogens (primary N) is 1. The molecule has 1 aromatic carbocycles. The maximum Gasteiger partial charge on any atom is 0.0611 e. The van der Waals surface area contributed by atoms with Crippen molar-refractivity contribution in [3.8, 4) is 0 Å². The van der Waals surface area contributed by atoms with Crippen molar-refractivity contribution in [3.63, 3.8) is 0 Å². The smallest absolute Gasteiger partial charge is 0.0611 e. The summed E-state index contributed by atoms with van der Waals surface area (Å²) in [6.45, 7) is 0.108. The van der Waals surface area contributed by atoms with Crippen molar-refractivity contribution in [2.24, 2.45) is 5.73 Å². The van der Waals surface area contributed by atoms with Gasteiger partial charge >= 0.3 is 0 Å². The highest BCUT2D eigenvalue weighted by molar-refractivity contribution is 5.57. The van der Waals surface area contributed by atoms with Gasteiger partial charge in [0.1, 0.15) is 0 Å². The van der Waals surface area contributed by atoms with Gasteiger partial charge in [-0.3, -0.25) is 0 Å². The van der Waals surface area contributed by atoms with E-state index in [1.165, 1.54) is 16.7 Å². The fourth-order valence-corrected chi connectivity index (χ4v) is 3.29. The third-order valence-corrected chi connectivity index (χ3v) is 4.47. The minimum Gasteiger partial charge on any atom is -0.394 e. The number of rotatable bonds is 2. The average Bonchev–Trinajstić information content (AvgIpc) is 2.82. The lowest BCUT2D eigenvalue weighted by Gasteiger charge is -2.21. The molecule has 18 heavy (non-hydrogen) atoms. The molecular formula is C16H21NO. The Morgan fingerprint density at radius 2 is 2.28 bits per heavy atom. The standard InChI is InChI=1S/C16H21NO/c17-16(11-18)8-7-15(10-16)14-6-5-12-3-1-2-4-13(12)9-14/h1,3,5-6,9,15,18H,2,4,7-8,10-11,17H2. The molecule has 3 rings (SSSR count). The zero-order chi connectivity index (χ0) is 12.6. The van der Waals surface area contributed by atoms with Crippen LogP contribution in [-0.4, -0.2) is 17.3 Å². The molecule has 0 amide bonds. The van der Waals surface area contributed by atoms with Crippen LogP contribution in [-0.2, 0) is 6.42 Å². The van der Waals surface area contributed by atoms with Crippen LogP contribution in [0.1, 0.15) is 48.3 Å². The summed E-state index contributed by atoms with van der Waals surface area (Å²) in [7, 11) is 0. The van der Waals surface area contributed by atoms with Crippen molar-refractivity contribution < 1.29 is 5.11 Å². The van der Waals surface area contributed by atoms with E-state index in [-0.39, 0.29) is 12.1 Å². The molecule has 1 fully saturated rings. The predicted octanol–water partition coefficient (Wildman–Crippen LogP) is 2.60. The Morgan fingerprint density at radius 3 is 3.06 bits per heavy atom. The summed E-state index contributed by atoms with van der Waals surface area (Å²) in [6.07, 6.45) is 9.72. The van der Waals surface area contributed by atoms with Crippen molar-refractivity contribution in [3.05, 3.63) is 41.0 Å². The molecule has 2 heteroatoms. The summed E-state index contributed by atoms with van der Waals surface area (Å²) in [5.74, 6) is 0.526. The average molecular weight is 243 g/mol. The molecule has 1 aromatic rings. The normalized spacial score (nSPS) is 30.4. The lowest BCUT2D eigenvalue weighted by Crippen LogP contribution is -2.40. The molecule has 0 aliphatic heterocycles. The van der Waals surface area contributed by atoms with E-state index in [1.54, 1.807) is 0 Å². The van der Waals surface area contributed by atoms with Gasteiger partial charge in [-0.1, -0.05) is 30.4 Å². The lowest BCUT2D eigenvalue weighted by molar-refractivity contribution is 0.198. The summed E-state index contributed by atoms with van der Waals surface area (Å²) >= 11 is 0. The van der Waals surface area contributed by atoms with Gasteiger partial charge < -0.3 is 10.8 Å². The number of hydrogen-bond acceptors (Lipinski definition) is 2. The van der Waals surface area contributed by atoms with Crippen LogP contribution in [0.2, 0.25) is 0 Å². The molecule has 2 aliphatic carbocycles. The van der Waals surface area contributed by atoms with Gasteiger partial charge in [-0.15, -0.1) is 0 Å². The number of hydrogen-bond donors (Lipinski definition) is 2. The fourth-order valence-electron chi connectivity index (χ4n) is 3.29. The molecule has 0 heterocycles. The van der Waals surface area contributed by atoms with E-state index >= 15 is 0 Å². The Balaban J connectivity index is 1.84. The van der Waals surface area contributed by atoms with Gasteiger partial charge in [0.15, 0.2) is 0 Å². The van der Waals surface area contributed by atoms with E-state index in [0.717, 1.165) is 32.1 Å². The van der Waals surface area contributed by atoms with Crippen molar-refractivity contribution in [2.75, 3.05) is 6.61 Å². The summed E-state index contributed by atoms with van der Waals surface area (Å²) in [5.41, 5.74) is 10.1. The highest BCUT2D eigenvalue weighted by atomic mass is 16.3. The predicted molar refractivity (Wildman–Crippen MR) is 74.4 cm³/mol. The van der Waals surface area contributed by atoms with Crippen LogP contribution < -0.4 is 5.73 Å². The number of aliphatic hydroxyl groups is 1. The van der Waals surface area contributed by atoms with E-state index in [1.807, 2.05) is 0 Å². The van der Waals surface area contributed by atoms with Crippen molar-refractivity contribution in [2.45, 2.75) is 43.6 Å². The van der Waals surface area contributed by atoms with Gasteiger partial charge in [-0.25, -0.2) is 0 Å². The molecule has 0 radical (unpaired) electrons. The zero-order valence-electron chi connectivity index (χ0n) is 10.7. The van der Waals surface area contributed by atoms with Gasteiger partial charge in [0, 0.05) is 5.54 Å². The Hall–Kier alpha value is -1.12. The zero-order valence-corrected chi connectivity index (χ0v) is 10.7. The minimum atomic E-state index is -0.347.